The van der Waals surface area contributed by atoms with Crippen LogP contribution < -0.4 is 10.1 Å². The maximum absolute atomic E-state index is 12.0. The number of thioether (sulfide) groups is 1. The van der Waals surface area contributed by atoms with Gasteiger partial charge in [-0.15, -0.1) is 10.2 Å². The highest BCUT2D eigenvalue weighted by Crippen LogP contribution is 2.30. The highest BCUT2D eigenvalue weighted by Gasteiger charge is 2.14. The lowest BCUT2D eigenvalue weighted by Crippen LogP contribution is -2.24. The molecular weight excluding hydrogens is 374 g/mol. The molecule has 2 aromatic carbocycles. The molecule has 0 saturated carbocycles. The van der Waals surface area contributed by atoms with Crippen molar-refractivity contribution >= 4 is 29.3 Å². The molecule has 0 fully saturated rings. The average Bonchev–Trinajstić information content (AvgIpc) is 3.13. The number of carbonyl (C=O) groups excluding carboxylic acids is 1. The first-order valence-electron chi connectivity index (χ1n) is 7.76. The Morgan fingerprint density at radius 2 is 2.08 bits per heavy atom. The summed E-state index contributed by atoms with van der Waals surface area (Å²) < 4.78 is 10.9. The van der Waals surface area contributed by atoms with Gasteiger partial charge in [0.15, 0.2) is 0 Å². The zero-order valence-corrected chi connectivity index (χ0v) is 15.5. The van der Waals surface area contributed by atoms with Crippen molar-refractivity contribution in [3.63, 3.8) is 0 Å². The number of carbonyl (C=O) groups is 1. The maximum atomic E-state index is 12.0. The number of halogens is 1. The van der Waals surface area contributed by atoms with E-state index in [0.717, 1.165) is 5.56 Å². The Balaban J connectivity index is 1.54. The van der Waals surface area contributed by atoms with Crippen molar-refractivity contribution in [2.45, 2.75) is 11.8 Å². The fourth-order valence-electron chi connectivity index (χ4n) is 2.22. The van der Waals surface area contributed by atoms with Crippen LogP contribution in [0.5, 0.6) is 5.75 Å². The third kappa shape index (κ3) is 4.77. The second-order valence-corrected chi connectivity index (χ2v) is 6.63. The summed E-state index contributed by atoms with van der Waals surface area (Å²) in [6.07, 6.45) is 0. The number of aromatic nitrogens is 2. The smallest absolute Gasteiger partial charge is 0.277 e. The molecule has 3 rings (SSSR count). The van der Waals surface area contributed by atoms with Crippen LogP contribution >= 0.6 is 23.4 Å². The monoisotopic (exact) mass is 389 g/mol. The average molecular weight is 390 g/mol. The number of amides is 1. The largest absolute Gasteiger partial charge is 0.496 e. The fourth-order valence-corrected chi connectivity index (χ4v) is 3.03. The molecule has 3 aromatic rings. The van der Waals surface area contributed by atoms with Gasteiger partial charge in [0.25, 0.3) is 11.1 Å². The van der Waals surface area contributed by atoms with Crippen LogP contribution in [0.15, 0.2) is 58.2 Å². The molecule has 0 saturated heterocycles. The Hall–Kier alpha value is -2.51. The Morgan fingerprint density at radius 1 is 1.23 bits per heavy atom. The van der Waals surface area contributed by atoms with E-state index in [0.29, 0.717) is 34.0 Å². The first kappa shape index (κ1) is 18.3. The molecule has 1 N–H and O–H groups in total. The van der Waals surface area contributed by atoms with Gasteiger partial charge in [0, 0.05) is 11.6 Å². The highest BCUT2D eigenvalue weighted by atomic mass is 35.5. The van der Waals surface area contributed by atoms with E-state index >= 15 is 0 Å². The molecule has 0 atom stereocenters. The second-order valence-electron chi connectivity index (χ2n) is 5.27. The number of benzene rings is 2. The van der Waals surface area contributed by atoms with Gasteiger partial charge in [0.1, 0.15) is 5.75 Å². The van der Waals surface area contributed by atoms with E-state index in [2.05, 4.69) is 15.5 Å². The van der Waals surface area contributed by atoms with Crippen LogP contribution in [0.2, 0.25) is 5.02 Å². The summed E-state index contributed by atoms with van der Waals surface area (Å²) in [5.74, 6) is 1.04. The summed E-state index contributed by atoms with van der Waals surface area (Å²) in [5, 5.41) is 11.8. The molecule has 6 nitrogen and oxygen atoms in total. The molecule has 0 unspecified atom stereocenters. The van der Waals surface area contributed by atoms with Crippen LogP contribution in [0.3, 0.4) is 0 Å². The SMILES string of the molecule is COc1ccccc1-c1nnc(SCC(=O)NCc2cccc(Cl)c2)o1. The molecule has 0 spiro atoms. The topological polar surface area (TPSA) is 77.2 Å². The van der Waals surface area contributed by atoms with Gasteiger partial charge in [-0.25, -0.2) is 0 Å². The molecule has 0 radical (unpaired) electrons. The fraction of sp³-hybridized carbons (Fsp3) is 0.167. The van der Waals surface area contributed by atoms with Gasteiger partial charge in [0.05, 0.1) is 18.4 Å². The first-order valence-corrected chi connectivity index (χ1v) is 9.13. The Kier molecular flexibility index (Phi) is 6.14. The predicted octanol–water partition coefficient (Wildman–Crippen LogP) is 3.81. The van der Waals surface area contributed by atoms with Crippen LogP contribution in [0.4, 0.5) is 0 Å². The number of para-hydroxylation sites is 1. The lowest BCUT2D eigenvalue weighted by atomic mass is 10.2. The summed E-state index contributed by atoms with van der Waals surface area (Å²) in [4.78, 5) is 12.0. The van der Waals surface area contributed by atoms with Crippen molar-refractivity contribution in [2.24, 2.45) is 0 Å². The molecule has 0 bridgehead atoms. The molecule has 134 valence electrons. The summed E-state index contributed by atoms with van der Waals surface area (Å²) >= 11 is 7.10. The van der Waals surface area contributed by atoms with Gasteiger partial charge in [-0.1, -0.05) is 47.6 Å². The zero-order valence-electron chi connectivity index (χ0n) is 13.9. The van der Waals surface area contributed by atoms with Gasteiger partial charge in [0.2, 0.25) is 5.91 Å². The maximum Gasteiger partial charge on any atom is 0.277 e. The first-order chi connectivity index (χ1) is 12.7. The van der Waals surface area contributed by atoms with Crippen molar-refractivity contribution in [3.8, 4) is 17.2 Å². The van der Waals surface area contributed by atoms with Crippen LogP contribution in [0.25, 0.3) is 11.5 Å². The predicted molar refractivity (Wildman–Crippen MR) is 100 cm³/mol. The lowest BCUT2D eigenvalue weighted by molar-refractivity contribution is -0.118. The van der Waals surface area contributed by atoms with E-state index < -0.39 is 0 Å². The number of methoxy groups -OCH3 is 1. The van der Waals surface area contributed by atoms with Crippen molar-refractivity contribution in [3.05, 3.63) is 59.1 Å². The van der Waals surface area contributed by atoms with Gasteiger partial charge in [-0.2, -0.15) is 0 Å². The third-order valence-corrected chi connectivity index (χ3v) is 4.50. The summed E-state index contributed by atoms with van der Waals surface area (Å²) in [7, 11) is 1.58. The van der Waals surface area contributed by atoms with E-state index in [1.165, 1.54) is 11.8 Å². The minimum Gasteiger partial charge on any atom is -0.496 e. The van der Waals surface area contributed by atoms with Gasteiger partial charge in [-0.3, -0.25) is 4.79 Å². The molecular formula is C18H16ClN3O3S. The zero-order chi connectivity index (χ0) is 18.4. The van der Waals surface area contributed by atoms with Crippen molar-refractivity contribution in [1.29, 1.82) is 0 Å². The van der Waals surface area contributed by atoms with E-state index in [9.17, 15) is 4.79 Å². The third-order valence-electron chi connectivity index (χ3n) is 3.45. The molecule has 26 heavy (non-hydrogen) atoms. The highest BCUT2D eigenvalue weighted by molar-refractivity contribution is 7.99. The van der Waals surface area contributed by atoms with E-state index in [-0.39, 0.29) is 11.7 Å². The number of ether oxygens (including phenoxy) is 1. The molecule has 1 heterocycles. The normalized spacial score (nSPS) is 10.5. The summed E-state index contributed by atoms with van der Waals surface area (Å²) in [6, 6.07) is 14.7. The van der Waals surface area contributed by atoms with Crippen LogP contribution in [-0.4, -0.2) is 29.0 Å². The molecule has 0 aliphatic carbocycles. The van der Waals surface area contributed by atoms with Crippen LogP contribution in [0.1, 0.15) is 5.56 Å². The number of nitrogens with zero attached hydrogens (tertiary/aromatic N) is 2. The molecule has 0 aliphatic heterocycles. The van der Waals surface area contributed by atoms with Gasteiger partial charge in [-0.05, 0) is 29.8 Å². The molecule has 0 aliphatic rings. The van der Waals surface area contributed by atoms with Crippen molar-refractivity contribution in [1.82, 2.24) is 15.5 Å². The van der Waals surface area contributed by atoms with Crippen molar-refractivity contribution in [2.75, 3.05) is 12.9 Å². The standard InChI is InChI=1S/C18H16ClN3O3S/c1-24-15-8-3-2-7-14(15)17-21-22-18(25-17)26-11-16(23)20-10-12-5-4-6-13(19)9-12/h2-9H,10-11H2,1H3,(H,20,23). The van der Waals surface area contributed by atoms with Crippen molar-refractivity contribution < 1.29 is 13.9 Å². The lowest BCUT2D eigenvalue weighted by Gasteiger charge is -2.04. The second kappa shape index (κ2) is 8.73. The minimum atomic E-state index is -0.132. The minimum absolute atomic E-state index is 0.132. The number of hydrogen-bond donors (Lipinski definition) is 1. The molecule has 1 amide bonds. The summed E-state index contributed by atoms with van der Waals surface area (Å²) in [5.41, 5.74) is 1.65. The molecule has 1 aromatic heterocycles. The molecule has 8 heteroatoms. The number of nitrogens with one attached hydrogen (secondary N) is 1. The Morgan fingerprint density at radius 3 is 2.88 bits per heavy atom. The van der Waals surface area contributed by atoms with Crippen LogP contribution in [0, 0.1) is 0 Å². The quantitative estimate of drug-likeness (QED) is 0.619. The van der Waals surface area contributed by atoms with E-state index in [4.69, 9.17) is 20.8 Å². The Bertz CT molecular complexity index is 901. The van der Waals surface area contributed by atoms with E-state index in [1.54, 1.807) is 13.2 Å². The summed E-state index contributed by atoms with van der Waals surface area (Å²) in [6.45, 7) is 0.413. The van der Waals surface area contributed by atoms with Gasteiger partial charge < -0.3 is 14.5 Å². The van der Waals surface area contributed by atoms with Gasteiger partial charge >= 0.3 is 0 Å². The Labute approximate surface area is 159 Å². The van der Waals surface area contributed by atoms with E-state index in [1.807, 2.05) is 42.5 Å². The number of hydrogen-bond acceptors (Lipinski definition) is 6. The number of rotatable bonds is 7. The van der Waals surface area contributed by atoms with Crippen LogP contribution in [-0.2, 0) is 11.3 Å².